The third kappa shape index (κ3) is 7.70. The lowest BCUT2D eigenvalue weighted by Gasteiger charge is -2.41. The van der Waals surface area contributed by atoms with Crippen LogP contribution in [0, 0.1) is 29.2 Å². The number of nitriles is 1. The van der Waals surface area contributed by atoms with E-state index in [1.54, 1.807) is 7.05 Å². The van der Waals surface area contributed by atoms with E-state index in [0.29, 0.717) is 43.3 Å². The fraction of sp³-hybridized carbons (Fsp3) is 0.690. The molecular weight excluding hydrogens is 450 g/mol. The van der Waals surface area contributed by atoms with Gasteiger partial charge < -0.3 is 15.4 Å². The first-order valence-corrected chi connectivity index (χ1v) is 13.7. The van der Waals surface area contributed by atoms with Crippen LogP contribution in [-0.2, 0) is 14.9 Å². The molecule has 2 aliphatic carbocycles. The van der Waals surface area contributed by atoms with Gasteiger partial charge in [0.05, 0.1) is 12.7 Å². The summed E-state index contributed by atoms with van der Waals surface area (Å²) >= 11 is 0. The Labute approximate surface area is 217 Å². The van der Waals surface area contributed by atoms with Gasteiger partial charge in [-0.15, -0.1) is 0 Å². The molecule has 7 nitrogen and oxygen atoms in total. The van der Waals surface area contributed by atoms with Gasteiger partial charge in [0.25, 0.3) is 0 Å². The number of nitrogens with one attached hydrogen (secondary N) is 3. The molecule has 0 aliphatic heterocycles. The van der Waals surface area contributed by atoms with Crippen LogP contribution in [0.3, 0.4) is 0 Å². The van der Waals surface area contributed by atoms with Crippen molar-refractivity contribution in [3.05, 3.63) is 35.9 Å². The highest BCUT2D eigenvalue weighted by Gasteiger charge is 2.37. The van der Waals surface area contributed by atoms with Gasteiger partial charge in [-0.05, 0) is 61.8 Å². The number of hydrogen-bond donors (Lipinski definition) is 3. The second-order valence-corrected chi connectivity index (χ2v) is 11.1. The molecule has 198 valence electrons. The van der Waals surface area contributed by atoms with Gasteiger partial charge in [0.1, 0.15) is 0 Å². The smallest absolute Gasteiger partial charge is 0.222 e. The maximum atomic E-state index is 12.8. The molecule has 1 amide bonds. The van der Waals surface area contributed by atoms with Crippen LogP contribution in [0.4, 0.5) is 0 Å². The first kappa shape index (κ1) is 28.0. The highest BCUT2D eigenvalue weighted by Crippen LogP contribution is 2.39. The molecule has 1 aromatic carbocycles. The third-order valence-electron chi connectivity index (χ3n) is 8.31. The average Bonchev–Trinajstić information content (AvgIpc) is 2.88. The number of nitrogens with zero attached hydrogens (tertiary/aromatic N) is 2. The molecule has 0 bridgehead atoms. The SMILES string of the molecule is CN=C(NC#N)NC1CCC(CNC(=O)CCO[C@H]2C[C@@H](C)CC[C@@H]2C(C)C)(c2ccccc2)CC1. The quantitative estimate of drug-likeness (QED) is 0.203. The van der Waals surface area contributed by atoms with Gasteiger partial charge in [-0.1, -0.05) is 57.5 Å². The predicted molar refractivity (Wildman–Crippen MR) is 144 cm³/mol. The van der Waals surface area contributed by atoms with Gasteiger partial charge in [0.15, 0.2) is 6.19 Å². The highest BCUT2D eigenvalue weighted by molar-refractivity contribution is 5.81. The Kier molecular flexibility index (Phi) is 10.6. The highest BCUT2D eigenvalue weighted by atomic mass is 16.5. The van der Waals surface area contributed by atoms with Gasteiger partial charge in [-0.3, -0.25) is 15.1 Å². The zero-order chi connectivity index (χ0) is 26.0. The normalized spacial score (nSPS) is 28.8. The molecule has 2 aliphatic rings. The maximum absolute atomic E-state index is 12.8. The van der Waals surface area contributed by atoms with Crippen molar-refractivity contribution in [2.45, 2.75) is 89.7 Å². The summed E-state index contributed by atoms with van der Waals surface area (Å²) < 4.78 is 6.27. The molecule has 3 rings (SSSR count). The van der Waals surface area contributed by atoms with Crippen LogP contribution in [0.25, 0.3) is 0 Å². The number of amides is 1. The fourth-order valence-electron chi connectivity index (χ4n) is 6.04. The van der Waals surface area contributed by atoms with E-state index in [1.807, 2.05) is 12.3 Å². The van der Waals surface area contributed by atoms with Crippen LogP contribution >= 0.6 is 0 Å². The van der Waals surface area contributed by atoms with Gasteiger partial charge >= 0.3 is 0 Å². The predicted octanol–water partition coefficient (Wildman–Crippen LogP) is 4.50. The Hall–Kier alpha value is -2.59. The minimum absolute atomic E-state index is 0.0640. The Morgan fingerprint density at radius 1 is 1.19 bits per heavy atom. The lowest BCUT2D eigenvalue weighted by atomic mass is 9.68. The van der Waals surface area contributed by atoms with E-state index in [2.05, 4.69) is 66.0 Å². The van der Waals surface area contributed by atoms with E-state index < -0.39 is 0 Å². The van der Waals surface area contributed by atoms with Crippen molar-refractivity contribution in [1.82, 2.24) is 16.0 Å². The largest absolute Gasteiger partial charge is 0.377 e. The number of ether oxygens (including phenoxy) is 1. The lowest BCUT2D eigenvalue weighted by Crippen LogP contribution is -2.49. The zero-order valence-electron chi connectivity index (χ0n) is 22.6. The maximum Gasteiger partial charge on any atom is 0.222 e. The van der Waals surface area contributed by atoms with Crippen molar-refractivity contribution in [1.29, 1.82) is 5.26 Å². The Balaban J connectivity index is 1.53. The molecule has 2 saturated carbocycles. The minimum atomic E-state index is -0.0936. The number of aliphatic imine (C=N–C) groups is 1. The van der Waals surface area contributed by atoms with Crippen LogP contribution in [-0.4, -0.2) is 44.2 Å². The first-order valence-electron chi connectivity index (χ1n) is 13.7. The van der Waals surface area contributed by atoms with Crippen molar-refractivity contribution < 1.29 is 9.53 Å². The van der Waals surface area contributed by atoms with Gasteiger partial charge in [0.2, 0.25) is 11.9 Å². The van der Waals surface area contributed by atoms with Crippen LogP contribution in [0.5, 0.6) is 0 Å². The molecule has 0 aromatic heterocycles. The summed E-state index contributed by atoms with van der Waals surface area (Å²) in [5, 5.41) is 18.1. The number of rotatable bonds is 9. The van der Waals surface area contributed by atoms with E-state index in [4.69, 9.17) is 10.00 Å². The van der Waals surface area contributed by atoms with Crippen molar-refractivity contribution in [3.63, 3.8) is 0 Å². The molecule has 7 heteroatoms. The standard InChI is InChI=1S/C29H45N5O2/c1-21(2)25-11-10-22(3)18-26(25)36-17-14-27(35)32-19-29(23-8-6-5-7-9-23)15-12-24(13-16-29)34-28(31-4)33-20-30/h5-9,21-22,24-26H,10-19H2,1-4H3,(H,32,35)(H2,31,33,34)/t22-,24?,25+,26-,29?/m0/s1. The van der Waals surface area contributed by atoms with E-state index in [9.17, 15) is 4.79 Å². The summed E-state index contributed by atoms with van der Waals surface area (Å²) in [5.41, 5.74) is 1.18. The molecule has 3 N–H and O–H groups in total. The number of hydrogen-bond acceptors (Lipinski definition) is 4. The van der Waals surface area contributed by atoms with E-state index in [1.165, 1.54) is 18.4 Å². The first-order chi connectivity index (χ1) is 17.4. The van der Waals surface area contributed by atoms with E-state index in [0.717, 1.165) is 32.1 Å². The molecule has 0 unspecified atom stereocenters. The summed E-state index contributed by atoms with van der Waals surface area (Å²) in [6, 6.07) is 10.8. The summed E-state index contributed by atoms with van der Waals surface area (Å²) in [4.78, 5) is 17.0. The molecule has 36 heavy (non-hydrogen) atoms. The summed E-state index contributed by atoms with van der Waals surface area (Å²) in [7, 11) is 1.67. The van der Waals surface area contributed by atoms with Crippen molar-refractivity contribution >= 4 is 11.9 Å². The second-order valence-electron chi connectivity index (χ2n) is 11.1. The zero-order valence-corrected chi connectivity index (χ0v) is 22.6. The van der Waals surface area contributed by atoms with Gasteiger partial charge in [0, 0.05) is 31.5 Å². The Bertz CT molecular complexity index is 887. The van der Waals surface area contributed by atoms with Crippen molar-refractivity contribution in [2.75, 3.05) is 20.2 Å². The minimum Gasteiger partial charge on any atom is -0.377 e. The number of benzene rings is 1. The summed E-state index contributed by atoms with van der Waals surface area (Å²) in [6.45, 7) is 7.99. The van der Waals surface area contributed by atoms with Crippen molar-refractivity contribution in [3.8, 4) is 6.19 Å². The molecule has 2 fully saturated rings. The van der Waals surface area contributed by atoms with Gasteiger partial charge in [-0.2, -0.15) is 5.26 Å². The lowest BCUT2D eigenvalue weighted by molar-refractivity contribution is -0.124. The third-order valence-corrected chi connectivity index (χ3v) is 8.31. The van der Waals surface area contributed by atoms with Crippen LogP contribution in [0.2, 0.25) is 0 Å². The summed E-state index contributed by atoms with van der Waals surface area (Å²) in [6.07, 6.45) is 9.99. The Morgan fingerprint density at radius 3 is 2.56 bits per heavy atom. The van der Waals surface area contributed by atoms with Gasteiger partial charge in [-0.25, -0.2) is 0 Å². The molecule has 0 saturated heterocycles. The number of carbonyl (C=O) groups excluding carboxylic acids is 1. The van der Waals surface area contributed by atoms with Crippen molar-refractivity contribution in [2.24, 2.45) is 22.7 Å². The van der Waals surface area contributed by atoms with E-state index in [-0.39, 0.29) is 23.5 Å². The van der Waals surface area contributed by atoms with Crippen LogP contribution < -0.4 is 16.0 Å². The molecule has 1 aromatic rings. The molecular formula is C29H45N5O2. The van der Waals surface area contributed by atoms with Crippen LogP contribution in [0.1, 0.15) is 77.7 Å². The number of guanidine groups is 1. The second kappa shape index (κ2) is 13.6. The molecule has 3 atom stereocenters. The Morgan fingerprint density at radius 2 is 1.92 bits per heavy atom. The molecule has 0 radical (unpaired) electrons. The monoisotopic (exact) mass is 495 g/mol. The molecule has 0 heterocycles. The average molecular weight is 496 g/mol. The fourth-order valence-corrected chi connectivity index (χ4v) is 6.04. The van der Waals surface area contributed by atoms with Crippen LogP contribution in [0.15, 0.2) is 35.3 Å². The molecule has 0 spiro atoms. The number of carbonyl (C=O) groups is 1. The topological polar surface area (TPSA) is 98.5 Å². The summed E-state index contributed by atoms with van der Waals surface area (Å²) in [5.74, 6) is 2.48. The van der Waals surface area contributed by atoms with E-state index >= 15 is 0 Å².